The molecule has 0 saturated heterocycles. The Hall–Kier alpha value is -1.31. The summed E-state index contributed by atoms with van der Waals surface area (Å²) in [5.41, 5.74) is 7.65. The molecule has 128 valence electrons. The highest BCUT2D eigenvalue weighted by Gasteiger charge is 2.22. The van der Waals surface area contributed by atoms with Gasteiger partial charge in [0.2, 0.25) is 5.91 Å². The van der Waals surface area contributed by atoms with Crippen molar-refractivity contribution in [3.8, 4) is 0 Å². The number of halogens is 1. The molecule has 6 heteroatoms. The molecule has 1 aliphatic rings. The molecule has 4 N–H and O–H groups in total. The minimum Gasteiger partial charge on any atom is -0.370 e. The number of guanidine groups is 1. The Morgan fingerprint density at radius 1 is 1.35 bits per heavy atom. The molecule has 0 aromatic heterocycles. The van der Waals surface area contributed by atoms with E-state index in [1.165, 1.54) is 0 Å². The minimum absolute atomic E-state index is 0. The Bertz CT molecular complexity index is 527. The third-order valence-corrected chi connectivity index (χ3v) is 3.91. The van der Waals surface area contributed by atoms with E-state index in [-0.39, 0.29) is 35.8 Å². The minimum atomic E-state index is 0. The SMILES string of the molecule is CCCNC(N)=NCc1cccc(NC(=O)C2CCCC2)c1.I. The molecule has 1 aromatic carbocycles. The molecule has 0 atom stereocenters. The fourth-order valence-electron chi connectivity index (χ4n) is 2.67. The molecule has 2 rings (SSSR count). The first-order valence-corrected chi connectivity index (χ1v) is 8.12. The van der Waals surface area contributed by atoms with E-state index >= 15 is 0 Å². The van der Waals surface area contributed by atoms with Crippen LogP contribution in [-0.2, 0) is 11.3 Å². The first kappa shape index (κ1) is 19.7. The maximum absolute atomic E-state index is 12.1. The van der Waals surface area contributed by atoms with Gasteiger partial charge in [-0.15, -0.1) is 24.0 Å². The highest BCUT2D eigenvalue weighted by atomic mass is 127. The van der Waals surface area contributed by atoms with Crippen molar-refractivity contribution in [2.75, 3.05) is 11.9 Å². The van der Waals surface area contributed by atoms with Crippen LogP contribution in [0.2, 0.25) is 0 Å². The fourth-order valence-corrected chi connectivity index (χ4v) is 2.67. The van der Waals surface area contributed by atoms with Crippen LogP contribution in [0.1, 0.15) is 44.6 Å². The molecule has 0 radical (unpaired) electrons. The van der Waals surface area contributed by atoms with Crippen molar-refractivity contribution in [2.24, 2.45) is 16.6 Å². The summed E-state index contributed by atoms with van der Waals surface area (Å²) in [6, 6.07) is 7.80. The predicted octanol–water partition coefficient (Wildman–Crippen LogP) is 3.25. The summed E-state index contributed by atoms with van der Waals surface area (Å²) in [4.78, 5) is 16.4. The monoisotopic (exact) mass is 430 g/mol. The first-order valence-electron chi connectivity index (χ1n) is 8.12. The topological polar surface area (TPSA) is 79.5 Å². The smallest absolute Gasteiger partial charge is 0.227 e. The van der Waals surface area contributed by atoms with Gasteiger partial charge in [-0.1, -0.05) is 31.9 Å². The summed E-state index contributed by atoms with van der Waals surface area (Å²) in [5, 5.41) is 6.06. The number of rotatable bonds is 6. The van der Waals surface area contributed by atoms with Crippen molar-refractivity contribution in [1.29, 1.82) is 0 Å². The number of nitrogens with one attached hydrogen (secondary N) is 2. The third kappa shape index (κ3) is 6.76. The van der Waals surface area contributed by atoms with Crippen LogP contribution in [0.15, 0.2) is 29.3 Å². The molecule has 0 bridgehead atoms. The summed E-state index contributed by atoms with van der Waals surface area (Å²) in [6.45, 7) is 3.42. The molecule has 1 aliphatic carbocycles. The normalized spacial score (nSPS) is 15.1. The van der Waals surface area contributed by atoms with Gasteiger partial charge in [0.25, 0.3) is 0 Å². The zero-order valence-corrected chi connectivity index (χ0v) is 16.0. The Balaban J connectivity index is 0.00000264. The van der Waals surface area contributed by atoms with E-state index in [0.717, 1.165) is 49.9 Å². The number of hydrogen-bond donors (Lipinski definition) is 3. The molecule has 0 heterocycles. The number of amides is 1. The lowest BCUT2D eigenvalue weighted by Gasteiger charge is -2.11. The second kappa shape index (κ2) is 10.5. The summed E-state index contributed by atoms with van der Waals surface area (Å²) in [6.07, 6.45) is 5.36. The lowest BCUT2D eigenvalue weighted by atomic mass is 10.1. The second-order valence-corrected chi connectivity index (χ2v) is 5.80. The molecule has 1 saturated carbocycles. The van der Waals surface area contributed by atoms with Crippen molar-refractivity contribution in [3.05, 3.63) is 29.8 Å². The average molecular weight is 430 g/mol. The Labute approximate surface area is 155 Å². The Kier molecular flexibility index (Phi) is 8.98. The molecule has 1 aromatic rings. The second-order valence-electron chi connectivity index (χ2n) is 5.80. The van der Waals surface area contributed by atoms with Crippen molar-refractivity contribution in [2.45, 2.75) is 45.6 Å². The van der Waals surface area contributed by atoms with E-state index in [1.54, 1.807) is 0 Å². The predicted molar refractivity (Wildman–Crippen MR) is 106 cm³/mol. The summed E-state index contributed by atoms with van der Waals surface area (Å²) in [5.74, 6) is 0.778. The zero-order valence-electron chi connectivity index (χ0n) is 13.7. The summed E-state index contributed by atoms with van der Waals surface area (Å²) < 4.78 is 0. The molecule has 1 amide bonds. The van der Waals surface area contributed by atoms with E-state index in [1.807, 2.05) is 24.3 Å². The van der Waals surface area contributed by atoms with E-state index in [4.69, 9.17) is 5.73 Å². The van der Waals surface area contributed by atoms with E-state index in [9.17, 15) is 4.79 Å². The van der Waals surface area contributed by atoms with Gasteiger partial charge in [0.05, 0.1) is 6.54 Å². The number of aliphatic imine (C=N–C) groups is 1. The van der Waals surface area contributed by atoms with Gasteiger partial charge in [-0.05, 0) is 37.0 Å². The standard InChI is InChI=1S/C17H26N4O.HI/c1-2-10-19-17(18)20-12-13-6-5-9-15(11-13)21-16(22)14-7-3-4-8-14;/h5-6,9,11,14H,2-4,7-8,10,12H2,1H3,(H,21,22)(H3,18,19,20);1H. The highest BCUT2D eigenvalue weighted by molar-refractivity contribution is 14.0. The molecule has 1 fully saturated rings. The van der Waals surface area contributed by atoms with Gasteiger partial charge in [0.1, 0.15) is 0 Å². The summed E-state index contributed by atoms with van der Waals surface area (Å²) in [7, 11) is 0. The van der Waals surface area contributed by atoms with Gasteiger partial charge < -0.3 is 16.4 Å². The number of nitrogens with zero attached hydrogens (tertiary/aromatic N) is 1. The maximum Gasteiger partial charge on any atom is 0.227 e. The largest absolute Gasteiger partial charge is 0.370 e. The van der Waals surface area contributed by atoms with Crippen LogP contribution in [-0.4, -0.2) is 18.4 Å². The van der Waals surface area contributed by atoms with E-state index in [0.29, 0.717) is 12.5 Å². The van der Waals surface area contributed by atoms with E-state index < -0.39 is 0 Å². The number of nitrogens with two attached hydrogens (primary N) is 1. The van der Waals surface area contributed by atoms with Gasteiger partial charge in [-0.25, -0.2) is 4.99 Å². The van der Waals surface area contributed by atoms with Crippen LogP contribution in [0.25, 0.3) is 0 Å². The van der Waals surface area contributed by atoms with Gasteiger partial charge >= 0.3 is 0 Å². The van der Waals surface area contributed by atoms with Crippen molar-refractivity contribution in [1.82, 2.24) is 5.32 Å². The number of anilines is 1. The number of carbonyl (C=O) groups is 1. The molecule has 5 nitrogen and oxygen atoms in total. The lowest BCUT2D eigenvalue weighted by Crippen LogP contribution is -2.32. The summed E-state index contributed by atoms with van der Waals surface area (Å²) >= 11 is 0. The third-order valence-electron chi connectivity index (χ3n) is 3.91. The van der Waals surface area contributed by atoms with Crippen molar-refractivity contribution >= 4 is 41.5 Å². The number of hydrogen-bond acceptors (Lipinski definition) is 2. The van der Waals surface area contributed by atoms with Crippen LogP contribution in [0.5, 0.6) is 0 Å². The van der Waals surface area contributed by atoms with Crippen LogP contribution in [0.3, 0.4) is 0 Å². The van der Waals surface area contributed by atoms with Crippen molar-refractivity contribution < 1.29 is 4.79 Å². The lowest BCUT2D eigenvalue weighted by molar-refractivity contribution is -0.119. The van der Waals surface area contributed by atoms with Gasteiger partial charge in [-0.2, -0.15) is 0 Å². The zero-order chi connectivity index (χ0) is 15.8. The highest BCUT2D eigenvalue weighted by Crippen LogP contribution is 2.26. The quantitative estimate of drug-likeness (QED) is 0.368. The van der Waals surface area contributed by atoms with Crippen LogP contribution >= 0.6 is 24.0 Å². The Morgan fingerprint density at radius 2 is 2.09 bits per heavy atom. The first-order chi connectivity index (χ1) is 10.7. The molecule has 0 spiro atoms. The molecular weight excluding hydrogens is 403 g/mol. The van der Waals surface area contributed by atoms with Crippen LogP contribution in [0.4, 0.5) is 5.69 Å². The van der Waals surface area contributed by atoms with E-state index in [2.05, 4.69) is 22.5 Å². The molecule has 0 aliphatic heterocycles. The molecule has 0 unspecified atom stereocenters. The average Bonchev–Trinajstić information content (AvgIpc) is 3.06. The fraction of sp³-hybridized carbons (Fsp3) is 0.529. The van der Waals surface area contributed by atoms with Gasteiger partial charge in [-0.3, -0.25) is 4.79 Å². The van der Waals surface area contributed by atoms with Gasteiger partial charge in [0.15, 0.2) is 5.96 Å². The van der Waals surface area contributed by atoms with Crippen LogP contribution < -0.4 is 16.4 Å². The Morgan fingerprint density at radius 3 is 2.78 bits per heavy atom. The molecule has 23 heavy (non-hydrogen) atoms. The maximum atomic E-state index is 12.1. The number of carbonyl (C=O) groups excluding carboxylic acids is 1. The van der Waals surface area contributed by atoms with Gasteiger partial charge in [0, 0.05) is 18.2 Å². The van der Waals surface area contributed by atoms with Crippen LogP contribution in [0, 0.1) is 5.92 Å². The molecular formula is C17H27IN4O. The number of benzene rings is 1. The van der Waals surface area contributed by atoms with Crippen molar-refractivity contribution in [3.63, 3.8) is 0 Å².